The first kappa shape index (κ1) is 18.5. The van der Waals surface area contributed by atoms with Gasteiger partial charge in [0.1, 0.15) is 5.82 Å². The normalized spacial score (nSPS) is 19.3. The lowest BCUT2D eigenvalue weighted by molar-refractivity contribution is 0.248. The zero-order valence-corrected chi connectivity index (χ0v) is 16.2. The molecule has 2 aliphatic heterocycles. The van der Waals surface area contributed by atoms with Gasteiger partial charge in [-0.3, -0.25) is 4.90 Å². The van der Waals surface area contributed by atoms with Crippen LogP contribution in [0.15, 0.2) is 42.5 Å². The van der Waals surface area contributed by atoms with Crippen molar-refractivity contribution in [1.29, 1.82) is 0 Å². The van der Waals surface area contributed by atoms with Crippen molar-refractivity contribution in [2.24, 2.45) is 0 Å². The van der Waals surface area contributed by atoms with E-state index in [4.69, 9.17) is 11.6 Å². The summed E-state index contributed by atoms with van der Waals surface area (Å²) in [5, 5.41) is 3.50. The minimum Gasteiger partial charge on any atom is -0.314 e. The Kier molecular flexibility index (Phi) is 4.98. The number of hydrogen-bond donors (Lipinski definition) is 1. The van der Waals surface area contributed by atoms with E-state index in [1.165, 1.54) is 16.4 Å². The number of benzene rings is 2. The van der Waals surface area contributed by atoms with Crippen molar-refractivity contribution in [2.45, 2.75) is 0 Å². The third-order valence-electron chi connectivity index (χ3n) is 4.84. The predicted octanol–water partition coefficient (Wildman–Crippen LogP) is 2.59. The maximum Gasteiger partial charge on any atom is 0.331 e. The van der Waals surface area contributed by atoms with E-state index < -0.39 is 16.0 Å². The van der Waals surface area contributed by atoms with Crippen molar-refractivity contribution in [2.75, 3.05) is 47.9 Å². The molecule has 4 rings (SSSR count). The zero-order chi connectivity index (χ0) is 19.0. The number of piperazine rings is 1. The smallest absolute Gasteiger partial charge is 0.314 e. The van der Waals surface area contributed by atoms with Crippen LogP contribution in [0.3, 0.4) is 0 Å². The zero-order valence-electron chi connectivity index (χ0n) is 14.6. The quantitative estimate of drug-likeness (QED) is 0.841. The average molecular weight is 411 g/mol. The van der Waals surface area contributed by atoms with E-state index in [1.54, 1.807) is 24.3 Å². The summed E-state index contributed by atoms with van der Waals surface area (Å²) in [5.74, 6) is -0.676. The molecule has 9 heteroatoms. The van der Waals surface area contributed by atoms with Crippen LogP contribution in [0.1, 0.15) is 0 Å². The monoisotopic (exact) mass is 410 g/mol. The highest BCUT2D eigenvalue weighted by Gasteiger charge is 2.42. The van der Waals surface area contributed by atoms with Crippen LogP contribution in [0.5, 0.6) is 0 Å². The first-order valence-corrected chi connectivity index (χ1v) is 10.6. The molecular weight excluding hydrogens is 391 g/mol. The highest BCUT2D eigenvalue weighted by molar-refractivity contribution is 7.95. The van der Waals surface area contributed by atoms with Crippen LogP contribution < -0.4 is 13.9 Å². The number of anilines is 3. The van der Waals surface area contributed by atoms with Crippen LogP contribution in [-0.2, 0) is 10.2 Å². The van der Waals surface area contributed by atoms with Crippen LogP contribution in [-0.4, -0.2) is 52.6 Å². The van der Waals surface area contributed by atoms with E-state index in [0.717, 1.165) is 36.6 Å². The first-order chi connectivity index (χ1) is 13.0. The lowest BCUT2D eigenvalue weighted by Crippen LogP contribution is -2.47. The standard InChI is InChI=1S/C18H20ClFN4O2S/c19-14-5-6-16(15(20)13-14)24-18-4-2-1-3-17(18)23(27(24,25)26)12-11-22-9-7-21-8-10-22/h1-6,13,21H,7-12H2. The molecule has 27 heavy (non-hydrogen) atoms. The summed E-state index contributed by atoms with van der Waals surface area (Å²) >= 11 is 5.83. The minimum absolute atomic E-state index is 0.0310. The molecule has 6 nitrogen and oxygen atoms in total. The number of halogens is 2. The second-order valence-corrected chi connectivity index (χ2v) is 8.66. The summed E-state index contributed by atoms with van der Waals surface area (Å²) < 4.78 is 43.5. The fraction of sp³-hybridized carbons (Fsp3) is 0.333. The second kappa shape index (κ2) is 7.27. The van der Waals surface area contributed by atoms with Gasteiger partial charge in [0.25, 0.3) is 0 Å². The van der Waals surface area contributed by atoms with Crippen LogP contribution in [0, 0.1) is 5.82 Å². The average Bonchev–Trinajstić information content (AvgIpc) is 2.87. The molecule has 2 aromatic rings. The lowest BCUT2D eigenvalue weighted by Gasteiger charge is -2.29. The summed E-state index contributed by atoms with van der Waals surface area (Å²) in [7, 11) is -3.93. The van der Waals surface area contributed by atoms with E-state index >= 15 is 0 Å². The van der Waals surface area contributed by atoms with Gasteiger partial charge in [-0.2, -0.15) is 8.42 Å². The number of rotatable bonds is 4. The Morgan fingerprint density at radius 1 is 1.00 bits per heavy atom. The molecule has 0 saturated carbocycles. The van der Waals surface area contributed by atoms with Crippen LogP contribution in [0.25, 0.3) is 0 Å². The summed E-state index contributed by atoms with van der Waals surface area (Å²) in [4.78, 5) is 2.22. The molecule has 0 spiro atoms. The van der Waals surface area contributed by atoms with Crippen LogP contribution in [0.4, 0.5) is 21.5 Å². The minimum atomic E-state index is -3.93. The fourth-order valence-corrected chi connectivity index (χ4v) is 5.37. The van der Waals surface area contributed by atoms with E-state index in [1.807, 2.05) is 0 Å². The Morgan fingerprint density at radius 3 is 2.41 bits per heavy atom. The highest BCUT2D eigenvalue weighted by atomic mass is 35.5. The SMILES string of the molecule is O=S1(=O)N(CCN2CCNCC2)c2ccccc2N1c1ccc(Cl)cc1F. The maximum absolute atomic E-state index is 14.5. The topological polar surface area (TPSA) is 55.9 Å². The Bertz CT molecular complexity index is 950. The number of nitrogens with one attached hydrogen (secondary N) is 1. The number of hydrogen-bond acceptors (Lipinski definition) is 4. The lowest BCUT2D eigenvalue weighted by atomic mass is 10.2. The van der Waals surface area contributed by atoms with E-state index in [-0.39, 0.29) is 10.7 Å². The molecule has 1 fully saturated rings. The summed E-state index contributed by atoms with van der Waals surface area (Å²) in [6, 6.07) is 11.0. The molecule has 0 atom stereocenters. The Morgan fingerprint density at radius 2 is 1.70 bits per heavy atom. The van der Waals surface area contributed by atoms with E-state index in [2.05, 4.69) is 10.2 Å². The van der Waals surface area contributed by atoms with Gasteiger partial charge in [0.15, 0.2) is 0 Å². The van der Waals surface area contributed by atoms with E-state index in [0.29, 0.717) is 24.5 Å². The number of fused-ring (bicyclic) bond motifs is 1. The van der Waals surface area contributed by atoms with Crippen molar-refractivity contribution in [1.82, 2.24) is 10.2 Å². The first-order valence-electron chi connectivity index (χ1n) is 8.78. The third kappa shape index (κ3) is 3.38. The summed E-state index contributed by atoms with van der Waals surface area (Å²) in [6.45, 7) is 4.48. The van der Waals surface area contributed by atoms with Gasteiger partial charge in [0.2, 0.25) is 0 Å². The van der Waals surface area contributed by atoms with Gasteiger partial charge >= 0.3 is 10.2 Å². The van der Waals surface area contributed by atoms with Crippen molar-refractivity contribution in [3.63, 3.8) is 0 Å². The Balaban J connectivity index is 1.69. The van der Waals surface area contributed by atoms with Crippen molar-refractivity contribution in [3.8, 4) is 0 Å². The van der Waals surface area contributed by atoms with Gasteiger partial charge in [0, 0.05) is 44.3 Å². The molecule has 1 N–H and O–H groups in total. The fourth-order valence-electron chi connectivity index (χ4n) is 3.50. The maximum atomic E-state index is 14.5. The Labute approximate surface area is 163 Å². The van der Waals surface area contributed by atoms with Crippen LogP contribution in [0.2, 0.25) is 5.02 Å². The number of para-hydroxylation sites is 2. The molecule has 0 amide bonds. The molecule has 144 valence electrons. The van der Waals surface area contributed by atoms with E-state index in [9.17, 15) is 12.8 Å². The molecule has 0 aliphatic carbocycles. The molecule has 2 aliphatic rings. The molecule has 2 heterocycles. The van der Waals surface area contributed by atoms with Crippen molar-refractivity contribution in [3.05, 3.63) is 53.3 Å². The van der Waals surface area contributed by atoms with Crippen LogP contribution >= 0.6 is 11.6 Å². The summed E-state index contributed by atoms with van der Waals surface area (Å²) in [6.07, 6.45) is 0. The second-order valence-electron chi connectivity index (χ2n) is 6.52. The Hall–Kier alpha value is -1.87. The van der Waals surface area contributed by atoms with Gasteiger partial charge in [-0.1, -0.05) is 23.7 Å². The van der Waals surface area contributed by atoms with Crippen molar-refractivity contribution >= 4 is 38.9 Å². The molecule has 0 bridgehead atoms. The summed E-state index contributed by atoms with van der Waals surface area (Å²) in [5.41, 5.74) is 0.970. The largest absolute Gasteiger partial charge is 0.331 e. The van der Waals surface area contributed by atoms with Gasteiger partial charge in [-0.15, -0.1) is 0 Å². The van der Waals surface area contributed by atoms with Crippen molar-refractivity contribution < 1.29 is 12.8 Å². The molecule has 0 aromatic heterocycles. The predicted molar refractivity (Wildman–Crippen MR) is 106 cm³/mol. The molecule has 0 unspecified atom stereocenters. The molecule has 1 saturated heterocycles. The van der Waals surface area contributed by atoms with Gasteiger partial charge < -0.3 is 5.32 Å². The highest BCUT2D eigenvalue weighted by Crippen LogP contribution is 2.45. The molecular formula is C18H20ClFN4O2S. The number of nitrogens with zero attached hydrogens (tertiary/aromatic N) is 3. The molecule has 2 aromatic carbocycles. The van der Waals surface area contributed by atoms with Gasteiger partial charge in [0.05, 0.1) is 17.1 Å². The van der Waals surface area contributed by atoms with Gasteiger partial charge in [-0.05, 0) is 30.3 Å². The third-order valence-corrected chi connectivity index (χ3v) is 6.86. The van der Waals surface area contributed by atoms with Gasteiger partial charge in [-0.25, -0.2) is 13.0 Å². The molecule has 0 radical (unpaired) electrons.